The van der Waals surface area contributed by atoms with Gasteiger partial charge < -0.3 is 25.2 Å². The Morgan fingerprint density at radius 1 is 1.03 bits per heavy atom. The van der Waals surface area contributed by atoms with Crippen LogP contribution in [0.4, 0.5) is 5.69 Å². The van der Waals surface area contributed by atoms with E-state index in [4.69, 9.17) is 12.2 Å². The first-order chi connectivity index (χ1) is 18.8. The molecular formula is C30H29N5O3S. The van der Waals surface area contributed by atoms with Crippen molar-refractivity contribution in [3.63, 3.8) is 0 Å². The van der Waals surface area contributed by atoms with E-state index in [1.165, 1.54) is 0 Å². The van der Waals surface area contributed by atoms with Crippen LogP contribution in [0.1, 0.15) is 51.5 Å². The quantitative estimate of drug-likeness (QED) is 0.265. The highest BCUT2D eigenvalue weighted by molar-refractivity contribution is 7.80. The maximum absolute atomic E-state index is 12.8. The normalized spacial score (nSPS) is 16.7. The summed E-state index contributed by atoms with van der Waals surface area (Å²) < 4.78 is 1.97. The lowest BCUT2D eigenvalue weighted by atomic mass is 9.96. The van der Waals surface area contributed by atoms with E-state index in [0.29, 0.717) is 17.3 Å². The number of carboxylic acid groups (broad SMARTS) is 1. The lowest BCUT2D eigenvalue weighted by Crippen LogP contribution is -2.32. The van der Waals surface area contributed by atoms with E-state index < -0.39 is 5.97 Å². The smallest absolute Gasteiger partial charge is 0.337 e. The number of rotatable bonds is 8. The fourth-order valence-electron chi connectivity index (χ4n) is 5.26. The Balaban J connectivity index is 1.51. The Hall–Kier alpha value is -4.50. The van der Waals surface area contributed by atoms with Crippen LogP contribution >= 0.6 is 12.2 Å². The average molecular weight is 540 g/mol. The number of carbonyl (C=O) groups is 2. The van der Waals surface area contributed by atoms with Crippen molar-refractivity contribution in [1.29, 1.82) is 0 Å². The lowest BCUT2D eigenvalue weighted by molar-refractivity contribution is -0.116. The van der Waals surface area contributed by atoms with Gasteiger partial charge in [0.05, 0.1) is 29.0 Å². The molecule has 1 saturated heterocycles. The number of aromatic carboxylic acids is 1. The molecule has 2 atom stereocenters. The van der Waals surface area contributed by atoms with Gasteiger partial charge in [0.25, 0.3) is 0 Å². The maximum Gasteiger partial charge on any atom is 0.337 e. The molecule has 39 heavy (non-hydrogen) atoms. The number of amides is 1. The van der Waals surface area contributed by atoms with Crippen LogP contribution in [-0.2, 0) is 4.79 Å². The van der Waals surface area contributed by atoms with Gasteiger partial charge in [-0.25, -0.2) is 4.79 Å². The Morgan fingerprint density at radius 3 is 2.46 bits per heavy atom. The van der Waals surface area contributed by atoms with E-state index in [1.54, 1.807) is 18.3 Å². The second-order valence-electron chi connectivity index (χ2n) is 9.47. The van der Waals surface area contributed by atoms with Crippen LogP contribution in [-0.4, -0.2) is 43.1 Å². The third-order valence-electron chi connectivity index (χ3n) is 7.00. The summed E-state index contributed by atoms with van der Waals surface area (Å²) >= 11 is 5.78. The number of anilines is 1. The third kappa shape index (κ3) is 5.26. The van der Waals surface area contributed by atoms with E-state index in [2.05, 4.69) is 21.7 Å². The lowest BCUT2D eigenvalue weighted by Gasteiger charge is -2.28. The third-order valence-corrected chi connectivity index (χ3v) is 7.35. The number of aromatic nitrogens is 2. The van der Waals surface area contributed by atoms with Crippen molar-refractivity contribution >= 4 is 34.9 Å². The van der Waals surface area contributed by atoms with Gasteiger partial charge in [-0.2, -0.15) is 0 Å². The minimum atomic E-state index is -0.985. The number of para-hydroxylation sites is 2. The van der Waals surface area contributed by atoms with Crippen molar-refractivity contribution in [2.75, 3.05) is 11.9 Å². The zero-order valence-corrected chi connectivity index (χ0v) is 22.5. The van der Waals surface area contributed by atoms with Gasteiger partial charge in [0, 0.05) is 36.2 Å². The molecule has 9 heteroatoms. The van der Waals surface area contributed by atoms with Crippen molar-refractivity contribution in [1.82, 2.24) is 19.8 Å². The Morgan fingerprint density at radius 2 is 1.74 bits per heavy atom. The summed E-state index contributed by atoms with van der Waals surface area (Å²) in [4.78, 5) is 31.4. The molecule has 1 fully saturated rings. The van der Waals surface area contributed by atoms with Crippen LogP contribution in [0.25, 0.3) is 5.69 Å². The molecule has 2 unspecified atom stereocenters. The number of hydrogen-bond donors (Lipinski definition) is 3. The zero-order chi connectivity index (χ0) is 27.5. The Kier molecular flexibility index (Phi) is 7.42. The molecule has 8 nitrogen and oxygen atoms in total. The highest BCUT2D eigenvalue weighted by Gasteiger charge is 2.41. The largest absolute Gasteiger partial charge is 0.478 e. The van der Waals surface area contributed by atoms with Crippen molar-refractivity contribution in [2.45, 2.75) is 32.4 Å². The second kappa shape index (κ2) is 11.1. The predicted molar refractivity (Wildman–Crippen MR) is 154 cm³/mol. The standard InChI is InChI=1S/C30H29N5O3S/c1-19-18-23(20(2)35(19)25-14-7-6-12-22(25)29(37)38)28-27(24-13-8-9-16-31-24)33-30(39)34(28)17-15-26(36)32-21-10-4-3-5-11-21/h3-14,16,18,27-28H,15,17H2,1-2H3,(H,32,36)(H,33,39)(H,37,38). The van der Waals surface area contributed by atoms with Crippen molar-refractivity contribution in [2.24, 2.45) is 0 Å². The molecule has 3 N–H and O–H groups in total. The van der Waals surface area contributed by atoms with Crippen LogP contribution in [0.15, 0.2) is 85.1 Å². The molecule has 0 radical (unpaired) electrons. The summed E-state index contributed by atoms with van der Waals surface area (Å²) in [5, 5.41) is 16.7. The first-order valence-electron chi connectivity index (χ1n) is 12.7. The second-order valence-corrected chi connectivity index (χ2v) is 9.86. The molecule has 0 bridgehead atoms. The molecule has 0 aliphatic carbocycles. The van der Waals surface area contributed by atoms with Crippen LogP contribution in [0, 0.1) is 13.8 Å². The van der Waals surface area contributed by atoms with E-state index in [0.717, 1.165) is 28.3 Å². The molecule has 1 amide bonds. The van der Waals surface area contributed by atoms with Gasteiger partial charge in [-0.3, -0.25) is 9.78 Å². The van der Waals surface area contributed by atoms with Crippen LogP contribution in [0.2, 0.25) is 0 Å². The van der Waals surface area contributed by atoms with E-state index >= 15 is 0 Å². The van der Waals surface area contributed by atoms with E-state index in [9.17, 15) is 14.7 Å². The van der Waals surface area contributed by atoms with Crippen LogP contribution < -0.4 is 10.6 Å². The number of thiocarbonyl (C=S) groups is 1. The van der Waals surface area contributed by atoms with Crippen LogP contribution in [0.5, 0.6) is 0 Å². The molecule has 1 aliphatic heterocycles. The highest BCUT2D eigenvalue weighted by Crippen LogP contribution is 2.41. The Bertz CT molecular complexity index is 1520. The molecule has 2 aromatic carbocycles. The number of carboxylic acids is 1. The summed E-state index contributed by atoms with van der Waals surface area (Å²) in [6.45, 7) is 4.34. The van der Waals surface area contributed by atoms with Crippen molar-refractivity contribution < 1.29 is 14.7 Å². The summed E-state index contributed by atoms with van der Waals surface area (Å²) in [5.41, 5.74) is 5.18. The summed E-state index contributed by atoms with van der Waals surface area (Å²) in [5.74, 6) is -1.09. The number of carbonyl (C=O) groups excluding carboxylic acids is 1. The number of nitrogens with zero attached hydrogens (tertiary/aromatic N) is 3. The van der Waals surface area contributed by atoms with Gasteiger partial charge in [-0.1, -0.05) is 36.4 Å². The van der Waals surface area contributed by atoms with Gasteiger partial charge in [-0.05, 0) is 74.1 Å². The molecule has 0 spiro atoms. The monoisotopic (exact) mass is 539 g/mol. The number of aryl methyl sites for hydroxylation is 1. The number of nitrogens with one attached hydrogen (secondary N) is 2. The zero-order valence-electron chi connectivity index (χ0n) is 21.7. The number of hydrogen-bond acceptors (Lipinski definition) is 4. The predicted octanol–water partition coefficient (Wildman–Crippen LogP) is 5.19. The summed E-state index contributed by atoms with van der Waals surface area (Å²) in [7, 11) is 0. The summed E-state index contributed by atoms with van der Waals surface area (Å²) in [6, 6.07) is 23.7. The van der Waals surface area contributed by atoms with Gasteiger partial charge in [0.2, 0.25) is 5.91 Å². The molecule has 5 rings (SSSR count). The molecule has 0 saturated carbocycles. The minimum Gasteiger partial charge on any atom is -0.478 e. The molecule has 3 heterocycles. The molecule has 4 aromatic rings. The average Bonchev–Trinajstić information content (AvgIpc) is 3.42. The van der Waals surface area contributed by atoms with Crippen molar-refractivity contribution in [3.8, 4) is 5.69 Å². The molecule has 2 aromatic heterocycles. The minimum absolute atomic E-state index is 0.107. The fourth-order valence-corrected chi connectivity index (χ4v) is 5.59. The van der Waals surface area contributed by atoms with Gasteiger partial charge in [-0.15, -0.1) is 0 Å². The van der Waals surface area contributed by atoms with E-state index in [1.807, 2.05) is 84.0 Å². The van der Waals surface area contributed by atoms with Gasteiger partial charge in [0.15, 0.2) is 5.11 Å². The topological polar surface area (TPSA) is 99.5 Å². The van der Waals surface area contributed by atoms with Crippen LogP contribution in [0.3, 0.4) is 0 Å². The van der Waals surface area contributed by atoms with Crippen molar-refractivity contribution in [3.05, 3.63) is 113 Å². The maximum atomic E-state index is 12.8. The first kappa shape index (κ1) is 26.1. The molecule has 198 valence electrons. The molecule has 1 aliphatic rings. The SMILES string of the molecule is Cc1cc(C2C(c3ccccn3)NC(=S)N2CCC(=O)Nc2ccccc2)c(C)n1-c1ccccc1C(=O)O. The fraction of sp³-hybridized carbons (Fsp3) is 0.200. The molecular weight excluding hydrogens is 510 g/mol. The van der Waals surface area contributed by atoms with Gasteiger partial charge >= 0.3 is 5.97 Å². The highest BCUT2D eigenvalue weighted by atomic mass is 32.1. The van der Waals surface area contributed by atoms with Gasteiger partial charge in [0.1, 0.15) is 0 Å². The number of benzene rings is 2. The van der Waals surface area contributed by atoms with E-state index in [-0.39, 0.29) is 30.0 Å². The Labute approximate surface area is 232 Å². The number of pyridine rings is 1. The summed E-state index contributed by atoms with van der Waals surface area (Å²) in [6.07, 6.45) is 1.99. The first-order valence-corrected chi connectivity index (χ1v) is 13.1.